The van der Waals surface area contributed by atoms with Gasteiger partial charge in [-0.2, -0.15) is 0 Å². The zero-order valence-corrected chi connectivity index (χ0v) is 9.77. The smallest absolute Gasteiger partial charge is 0.330 e. The van der Waals surface area contributed by atoms with Crippen LogP contribution in [0.4, 0.5) is 0 Å². The van der Waals surface area contributed by atoms with Gasteiger partial charge in [0.2, 0.25) is 0 Å². The first-order valence-corrected chi connectivity index (χ1v) is 5.44. The lowest BCUT2D eigenvalue weighted by molar-refractivity contribution is -0.134. The van der Waals surface area contributed by atoms with E-state index in [0.717, 1.165) is 0 Å². The van der Waals surface area contributed by atoms with Gasteiger partial charge in [0.15, 0.2) is 0 Å². The van der Waals surface area contributed by atoms with Gasteiger partial charge in [-0.15, -0.1) is 0 Å². The van der Waals surface area contributed by atoms with Crippen molar-refractivity contribution in [2.45, 2.75) is 26.1 Å². The number of allylic oxidation sites excluding steroid dienone is 1. The Kier molecular flexibility index (Phi) is 2.97. The van der Waals surface area contributed by atoms with Crippen molar-refractivity contribution in [3.05, 3.63) is 35.5 Å². The van der Waals surface area contributed by atoms with Crippen LogP contribution in [0.15, 0.2) is 35.5 Å². The fourth-order valence-electron chi connectivity index (χ4n) is 2.21. The number of fused-ring (bicyclic) bond motifs is 2. The molecule has 86 valence electrons. The third-order valence-electron chi connectivity index (χ3n) is 3.24. The van der Waals surface area contributed by atoms with Gasteiger partial charge in [-0.25, -0.2) is 4.79 Å². The highest BCUT2D eigenvalue weighted by atomic mass is 16.5. The molecule has 2 heterocycles. The maximum absolute atomic E-state index is 11.1. The molecule has 0 radical (unpaired) electrons. The molecule has 0 aromatic rings. The number of esters is 1. The van der Waals surface area contributed by atoms with E-state index in [1.54, 1.807) is 0 Å². The highest BCUT2D eigenvalue weighted by Crippen LogP contribution is 2.36. The Morgan fingerprint density at radius 1 is 1.50 bits per heavy atom. The summed E-state index contributed by atoms with van der Waals surface area (Å²) in [7, 11) is 1.38. The molecule has 3 atom stereocenters. The molecule has 0 aromatic carbocycles. The molecule has 3 nitrogen and oxygen atoms in total. The van der Waals surface area contributed by atoms with Crippen molar-refractivity contribution in [1.29, 1.82) is 0 Å². The zero-order chi connectivity index (χ0) is 11.7. The standard InChI is InChI=1S/C13H16O3/c1-8-10(4-7-13(14)15-3)9(2)12-6-5-11(8)16-12/h4-8,11-12H,1-3H3/b7-4+/t8-,11-,12+/m1/s1. The Morgan fingerprint density at radius 2 is 2.25 bits per heavy atom. The van der Waals surface area contributed by atoms with Crippen molar-refractivity contribution in [1.82, 2.24) is 0 Å². The first-order chi connectivity index (χ1) is 7.63. The third-order valence-corrected chi connectivity index (χ3v) is 3.24. The van der Waals surface area contributed by atoms with Gasteiger partial charge in [-0.3, -0.25) is 0 Å². The second-order valence-electron chi connectivity index (χ2n) is 4.19. The fourth-order valence-corrected chi connectivity index (χ4v) is 2.21. The second kappa shape index (κ2) is 4.26. The maximum Gasteiger partial charge on any atom is 0.330 e. The van der Waals surface area contributed by atoms with Crippen molar-refractivity contribution in [2.24, 2.45) is 5.92 Å². The highest BCUT2D eigenvalue weighted by Gasteiger charge is 2.33. The van der Waals surface area contributed by atoms with E-state index < -0.39 is 0 Å². The van der Waals surface area contributed by atoms with E-state index in [-0.39, 0.29) is 24.1 Å². The lowest BCUT2D eigenvalue weighted by atomic mass is 9.89. The SMILES string of the molecule is COC(=O)/C=C/C1=C(C)[C@@H]2C=C[C@@H](O2)[C@@H]1C. The second-order valence-corrected chi connectivity index (χ2v) is 4.19. The molecule has 0 fully saturated rings. The summed E-state index contributed by atoms with van der Waals surface area (Å²) in [6.07, 6.45) is 7.72. The zero-order valence-electron chi connectivity index (χ0n) is 9.77. The van der Waals surface area contributed by atoms with Crippen LogP contribution in [-0.4, -0.2) is 25.3 Å². The Bertz CT molecular complexity index is 390. The van der Waals surface area contributed by atoms with E-state index in [1.165, 1.54) is 24.3 Å². The molecule has 2 bridgehead atoms. The van der Waals surface area contributed by atoms with Crippen LogP contribution in [0.5, 0.6) is 0 Å². The first-order valence-electron chi connectivity index (χ1n) is 5.44. The van der Waals surface area contributed by atoms with Crippen molar-refractivity contribution >= 4 is 5.97 Å². The van der Waals surface area contributed by atoms with Gasteiger partial charge in [0.05, 0.1) is 19.3 Å². The van der Waals surface area contributed by atoms with Crippen molar-refractivity contribution < 1.29 is 14.3 Å². The van der Waals surface area contributed by atoms with Crippen molar-refractivity contribution in [3.8, 4) is 0 Å². The van der Waals surface area contributed by atoms with Crippen LogP contribution in [-0.2, 0) is 14.3 Å². The summed E-state index contributed by atoms with van der Waals surface area (Å²) in [4.78, 5) is 11.1. The fraction of sp³-hybridized carbons (Fsp3) is 0.462. The molecular weight excluding hydrogens is 204 g/mol. The molecule has 0 saturated heterocycles. The Labute approximate surface area is 95.4 Å². The predicted molar refractivity (Wildman–Crippen MR) is 60.8 cm³/mol. The summed E-state index contributed by atoms with van der Waals surface area (Å²) in [5.41, 5.74) is 2.36. The van der Waals surface area contributed by atoms with Crippen LogP contribution in [0, 0.1) is 5.92 Å². The molecule has 2 rings (SSSR count). The monoisotopic (exact) mass is 220 g/mol. The number of carbonyl (C=O) groups is 1. The minimum absolute atomic E-state index is 0.0819. The summed E-state index contributed by atoms with van der Waals surface area (Å²) in [6.45, 7) is 4.15. The number of ether oxygens (including phenoxy) is 2. The van der Waals surface area contributed by atoms with Crippen LogP contribution in [0.2, 0.25) is 0 Å². The quantitative estimate of drug-likeness (QED) is 0.405. The minimum atomic E-state index is -0.320. The summed E-state index contributed by atoms with van der Waals surface area (Å²) >= 11 is 0. The minimum Gasteiger partial charge on any atom is -0.466 e. The van der Waals surface area contributed by atoms with E-state index in [2.05, 4.69) is 23.8 Å². The van der Waals surface area contributed by atoms with Gasteiger partial charge in [-0.05, 0) is 18.1 Å². The highest BCUT2D eigenvalue weighted by molar-refractivity contribution is 5.82. The third kappa shape index (κ3) is 1.83. The molecule has 0 aromatic heterocycles. The molecule has 0 aliphatic carbocycles. The van der Waals surface area contributed by atoms with Gasteiger partial charge >= 0.3 is 5.97 Å². The molecule has 0 saturated carbocycles. The van der Waals surface area contributed by atoms with Gasteiger partial charge in [0.1, 0.15) is 0 Å². The summed E-state index contributed by atoms with van der Waals surface area (Å²) in [5, 5.41) is 0. The van der Waals surface area contributed by atoms with Gasteiger partial charge in [0, 0.05) is 12.0 Å². The Hall–Kier alpha value is -1.35. The average Bonchev–Trinajstić information content (AvgIpc) is 2.73. The molecule has 0 spiro atoms. The molecule has 3 heteroatoms. The molecule has 2 aliphatic heterocycles. The Morgan fingerprint density at radius 3 is 2.94 bits per heavy atom. The first kappa shape index (κ1) is 11.1. The van der Waals surface area contributed by atoms with Gasteiger partial charge in [0.25, 0.3) is 0 Å². The largest absolute Gasteiger partial charge is 0.466 e. The van der Waals surface area contributed by atoms with Crippen LogP contribution in [0.1, 0.15) is 13.8 Å². The number of hydrogen-bond donors (Lipinski definition) is 0. The van der Waals surface area contributed by atoms with Crippen LogP contribution < -0.4 is 0 Å². The van der Waals surface area contributed by atoms with E-state index in [9.17, 15) is 4.79 Å². The van der Waals surface area contributed by atoms with E-state index in [4.69, 9.17) is 4.74 Å². The maximum atomic E-state index is 11.1. The molecule has 2 aliphatic rings. The molecular formula is C13H16O3. The topological polar surface area (TPSA) is 35.5 Å². The number of hydrogen-bond acceptors (Lipinski definition) is 3. The average molecular weight is 220 g/mol. The van der Waals surface area contributed by atoms with Gasteiger partial charge < -0.3 is 9.47 Å². The van der Waals surface area contributed by atoms with Crippen LogP contribution in [0.25, 0.3) is 0 Å². The normalized spacial score (nSPS) is 32.6. The summed E-state index contributed by atoms with van der Waals surface area (Å²) in [5.74, 6) is -0.0322. The van der Waals surface area contributed by atoms with Crippen molar-refractivity contribution in [2.75, 3.05) is 7.11 Å². The van der Waals surface area contributed by atoms with E-state index in [1.807, 2.05) is 13.0 Å². The molecule has 16 heavy (non-hydrogen) atoms. The van der Waals surface area contributed by atoms with Crippen LogP contribution in [0.3, 0.4) is 0 Å². The summed E-state index contributed by atoms with van der Waals surface area (Å²) in [6, 6.07) is 0. The lowest BCUT2D eigenvalue weighted by Crippen LogP contribution is -2.28. The van der Waals surface area contributed by atoms with Gasteiger partial charge in [-0.1, -0.05) is 25.2 Å². The molecule has 0 unspecified atom stereocenters. The van der Waals surface area contributed by atoms with E-state index >= 15 is 0 Å². The Balaban J connectivity index is 2.23. The number of rotatable bonds is 2. The number of carbonyl (C=O) groups excluding carboxylic acids is 1. The molecule has 0 N–H and O–H groups in total. The van der Waals surface area contributed by atoms with Crippen molar-refractivity contribution in [3.63, 3.8) is 0 Å². The summed E-state index contributed by atoms with van der Waals surface area (Å²) < 4.78 is 10.4. The lowest BCUT2D eigenvalue weighted by Gasteiger charge is -2.29. The number of methoxy groups -OCH3 is 1. The predicted octanol–water partition coefficient (Wildman–Crippen LogP) is 2.01. The van der Waals surface area contributed by atoms with E-state index in [0.29, 0.717) is 0 Å². The molecule has 0 amide bonds. The van der Waals surface area contributed by atoms with Crippen LogP contribution >= 0.6 is 0 Å².